The Morgan fingerprint density at radius 1 is 1.33 bits per heavy atom. The molecule has 1 saturated heterocycles. The molecule has 1 aliphatic heterocycles. The van der Waals surface area contributed by atoms with Gasteiger partial charge in [0.15, 0.2) is 0 Å². The topological polar surface area (TPSA) is 12.0 Å². The third-order valence-corrected chi connectivity index (χ3v) is 3.56. The third-order valence-electron chi connectivity index (χ3n) is 3.15. The molecule has 0 unspecified atom stereocenters. The van der Waals surface area contributed by atoms with Crippen LogP contribution >= 0.6 is 11.6 Å². The summed E-state index contributed by atoms with van der Waals surface area (Å²) in [5.74, 6) is 0. The van der Waals surface area contributed by atoms with Gasteiger partial charge in [-0.05, 0) is 50.0 Å². The maximum Gasteiger partial charge on any atom is 0.138 e. The van der Waals surface area contributed by atoms with Gasteiger partial charge in [0.1, 0.15) is 5.67 Å². The molecule has 0 aliphatic carbocycles. The molecule has 1 heterocycles. The molecule has 82 valence electrons. The lowest BCUT2D eigenvalue weighted by atomic mass is 9.84. The summed E-state index contributed by atoms with van der Waals surface area (Å²) in [6.45, 7) is 3.37. The van der Waals surface area contributed by atoms with Crippen LogP contribution in [0.4, 0.5) is 4.39 Å². The number of halogens is 2. The van der Waals surface area contributed by atoms with Crippen LogP contribution in [0.15, 0.2) is 18.2 Å². The number of piperidine rings is 1. The van der Waals surface area contributed by atoms with Crippen molar-refractivity contribution in [2.45, 2.75) is 25.4 Å². The highest BCUT2D eigenvalue weighted by Gasteiger charge is 2.35. The second kappa shape index (κ2) is 4.11. The lowest BCUT2D eigenvalue weighted by Crippen LogP contribution is -2.37. The van der Waals surface area contributed by atoms with Crippen molar-refractivity contribution in [2.75, 3.05) is 13.1 Å². The summed E-state index contributed by atoms with van der Waals surface area (Å²) < 4.78 is 14.6. The van der Waals surface area contributed by atoms with Crippen LogP contribution in [0.1, 0.15) is 24.0 Å². The molecule has 1 fully saturated rings. The molecule has 15 heavy (non-hydrogen) atoms. The first-order chi connectivity index (χ1) is 7.13. The minimum absolute atomic E-state index is 0.536. The molecule has 1 nitrogen and oxygen atoms in total. The summed E-state index contributed by atoms with van der Waals surface area (Å²) >= 11 is 6.01. The highest BCUT2D eigenvalue weighted by atomic mass is 35.5. The molecule has 0 bridgehead atoms. The van der Waals surface area contributed by atoms with Crippen LogP contribution in [0.25, 0.3) is 0 Å². The van der Waals surface area contributed by atoms with Gasteiger partial charge in [0.05, 0.1) is 0 Å². The number of hydrogen-bond acceptors (Lipinski definition) is 1. The van der Waals surface area contributed by atoms with E-state index in [0.29, 0.717) is 17.9 Å². The average molecular weight is 228 g/mol. The Morgan fingerprint density at radius 3 is 2.67 bits per heavy atom. The number of benzene rings is 1. The minimum atomic E-state index is -1.19. The first kappa shape index (κ1) is 10.9. The maximum absolute atomic E-state index is 14.6. The van der Waals surface area contributed by atoms with Crippen molar-refractivity contribution in [3.05, 3.63) is 34.3 Å². The number of alkyl halides is 1. The predicted molar refractivity (Wildman–Crippen MR) is 61.1 cm³/mol. The number of hydrogen-bond donors (Lipinski definition) is 1. The average Bonchev–Trinajstić information content (AvgIpc) is 2.23. The Kier molecular flexibility index (Phi) is 2.98. The van der Waals surface area contributed by atoms with E-state index in [1.807, 2.05) is 25.1 Å². The van der Waals surface area contributed by atoms with Gasteiger partial charge in [-0.1, -0.05) is 23.7 Å². The van der Waals surface area contributed by atoms with E-state index in [9.17, 15) is 4.39 Å². The second-order valence-corrected chi connectivity index (χ2v) is 4.53. The van der Waals surface area contributed by atoms with Crippen LogP contribution < -0.4 is 5.32 Å². The van der Waals surface area contributed by atoms with Crippen molar-refractivity contribution in [3.8, 4) is 0 Å². The zero-order valence-corrected chi connectivity index (χ0v) is 9.57. The predicted octanol–water partition coefficient (Wildman–Crippen LogP) is 3.20. The normalized spacial score (nSPS) is 20.2. The SMILES string of the molecule is Cc1c(Cl)cccc1C1(F)CCNCC1. The smallest absolute Gasteiger partial charge is 0.138 e. The lowest BCUT2D eigenvalue weighted by Gasteiger charge is -2.31. The van der Waals surface area contributed by atoms with Crippen molar-refractivity contribution in [3.63, 3.8) is 0 Å². The first-order valence-corrected chi connectivity index (χ1v) is 5.66. The fourth-order valence-electron chi connectivity index (χ4n) is 2.19. The van der Waals surface area contributed by atoms with Crippen LogP contribution in [0.5, 0.6) is 0 Å². The molecule has 0 amide bonds. The summed E-state index contributed by atoms with van der Waals surface area (Å²) in [6, 6.07) is 5.49. The van der Waals surface area contributed by atoms with Crippen molar-refractivity contribution in [1.82, 2.24) is 5.32 Å². The van der Waals surface area contributed by atoms with Gasteiger partial charge in [0.25, 0.3) is 0 Å². The molecule has 2 rings (SSSR count). The zero-order chi connectivity index (χ0) is 10.9. The van der Waals surface area contributed by atoms with E-state index >= 15 is 0 Å². The Bertz CT molecular complexity index is 359. The molecule has 0 atom stereocenters. The molecular weight excluding hydrogens is 213 g/mol. The lowest BCUT2D eigenvalue weighted by molar-refractivity contribution is 0.114. The van der Waals surface area contributed by atoms with Crippen LogP contribution in [-0.2, 0) is 5.67 Å². The highest BCUT2D eigenvalue weighted by molar-refractivity contribution is 6.31. The monoisotopic (exact) mass is 227 g/mol. The van der Waals surface area contributed by atoms with Crippen LogP contribution in [0.3, 0.4) is 0 Å². The molecule has 1 N–H and O–H groups in total. The number of nitrogens with one attached hydrogen (secondary N) is 1. The largest absolute Gasteiger partial charge is 0.316 e. The van der Waals surface area contributed by atoms with Crippen LogP contribution in [0, 0.1) is 6.92 Å². The molecule has 0 spiro atoms. The fourth-order valence-corrected chi connectivity index (χ4v) is 2.36. The number of rotatable bonds is 1. The van der Waals surface area contributed by atoms with E-state index in [4.69, 9.17) is 11.6 Å². The van der Waals surface area contributed by atoms with E-state index in [-0.39, 0.29) is 0 Å². The van der Waals surface area contributed by atoms with E-state index in [1.54, 1.807) is 0 Å². The molecule has 1 aliphatic rings. The summed E-state index contributed by atoms with van der Waals surface area (Å²) in [5.41, 5.74) is 0.445. The van der Waals surface area contributed by atoms with Gasteiger partial charge in [-0.15, -0.1) is 0 Å². The molecule has 1 aromatic carbocycles. The van der Waals surface area contributed by atoms with Gasteiger partial charge in [0.2, 0.25) is 0 Å². The van der Waals surface area contributed by atoms with Gasteiger partial charge < -0.3 is 5.32 Å². The summed E-state index contributed by atoms with van der Waals surface area (Å²) in [5, 5.41) is 3.83. The van der Waals surface area contributed by atoms with Gasteiger partial charge in [0, 0.05) is 5.02 Å². The first-order valence-electron chi connectivity index (χ1n) is 5.29. The maximum atomic E-state index is 14.6. The van der Waals surface area contributed by atoms with Crippen molar-refractivity contribution >= 4 is 11.6 Å². The van der Waals surface area contributed by atoms with Crippen molar-refractivity contribution < 1.29 is 4.39 Å². The van der Waals surface area contributed by atoms with E-state index in [1.165, 1.54) is 0 Å². The van der Waals surface area contributed by atoms with Gasteiger partial charge in [-0.2, -0.15) is 0 Å². The Morgan fingerprint density at radius 2 is 2.00 bits per heavy atom. The standard InChI is InChI=1S/C12H15ClFN/c1-9-10(3-2-4-11(9)13)12(14)5-7-15-8-6-12/h2-4,15H,5-8H2,1H3. The fraction of sp³-hybridized carbons (Fsp3) is 0.500. The molecular formula is C12H15ClFN. The zero-order valence-electron chi connectivity index (χ0n) is 8.82. The van der Waals surface area contributed by atoms with Gasteiger partial charge in [-0.3, -0.25) is 0 Å². The Labute approximate surface area is 94.6 Å². The van der Waals surface area contributed by atoms with E-state index in [0.717, 1.165) is 24.2 Å². The van der Waals surface area contributed by atoms with Crippen molar-refractivity contribution in [2.24, 2.45) is 0 Å². The van der Waals surface area contributed by atoms with Gasteiger partial charge in [-0.25, -0.2) is 4.39 Å². The van der Waals surface area contributed by atoms with Crippen LogP contribution in [-0.4, -0.2) is 13.1 Å². The van der Waals surface area contributed by atoms with E-state index in [2.05, 4.69) is 5.32 Å². The van der Waals surface area contributed by atoms with Gasteiger partial charge >= 0.3 is 0 Å². The molecule has 0 aromatic heterocycles. The quantitative estimate of drug-likeness (QED) is 0.777. The van der Waals surface area contributed by atoms with E-state index < -0.39 is 5.67 Å². The minimum Gasteiger partial charge on any atom is -0.316 e. The summed E-state index contributed by atoms with van der Waals surface area (Å²) in [6.07, 6.45) is 1.07. The Balaban J connectivity index is 2.39. The van der Waals surface area contributed by atoms with Crippen LogP contribution in [0.2, 0.25) is 5.02 Å². The summed E-state index contributed by atoms with van der Waals surface area (Å²) in [7, 11) is 0. The second-order valence-electron chi connectivity index (χ2n) is 4.13. The molecule has 1 aromatic rings. The molecule has 3 heteroatoms. The molecule has 0 saturated carbocycles. The molecule has 0 radical (unpaired) electrons. The Hall–Kier alpha value is -0.600. The highest BCUT2D eigenvalue weighted by Crippen LogP contribution is 2.38. The third kappa shape index (κ3) is 2.01. The van der Waals surface area contributed by atoms with Crippen molar-refractivity contribution in [1.29, 1.82) is 0 Å². The summed E-state index contributed by atoms with van der Waals surface area (Å²) in [4.78, 5) is 0.